The number of anilines is 3. The Morgan fingerprint density at radius 1 is 1.16 bits per heavy atom. The minimum absolute atomic E-state index is 0.0421. The van der Waals surface area contributed by atoms with E-state index in [9.17, 15) is 5.11 Å². The highest BCUT2D eigenvalue weighted by atomic mass is 16.5. The smallest absolute Gasteiger partial charge is 0.145 e. The quantitative estimate of drug-likeness (QED) is 0.523. The molecule has 6 heteroatoms. The fraction of sp³-hybridized carbons (Fsp3) is 0.368. The topological polar surface area (TPSA) is 77.0 Å². The Labute approximate surface area is 149 Å². The second-order valence-electron chi connectivity index (χ2n) is 5.83. The van der Waals surface area contributed by atoms with Gasteiger partial charge < -0.3 is 30.5 Å². The number of hydrogen-bond donors (Lipinski definition) is 4. The van der Waals surface area contributed by atoms with Crippen LogP contribution in [0.25, 0.3) is 0 Å². The summed E-state index contributed by atoms with van der Waals surface area (Å²) in [5.74, 6) is 0.751. The minimum Gasteiger partial charge on any atom is -0.494 e. The summed E-state index contributed by atoms with van der Waals surface area (Å²) >= 11 is 0. The van der Waals surface area contributed by atoms with Crippen LogP contribution >= 0.6 is 0 Å². The number of rotatable bonds is 9. The molecule has 0 heterocycles. The third kappa shape index (κ3) is 5.01. The molecule has 0 amide bonds. The SMILES string of the molecule is COc1c(C)cc(NCC(O)N(C)c2ccccc2)cc1NCCO. The Morgan fingerprint density at radius 2 is 1.88 bits per heavy atom. The van der Waals surface area contributed by atoms with Crippen molar-refractivity contribution in [2.24, 2.45) is 0 Å². The first-order valence-electron chi connectivity index (χ1n) is 8.30. The molecule has 0 saturated carbocycles. The number of para-hydroxylation sites is 1. The van der Waals surface area contributed by atoms with Crippen molar-refractivity contribution in [1.29, 1.82) is 0 Å². The third-order valence-corrected chi connectivity index (χ3v) is 4.01. The Hall–Kier alpha value is -2.44. The number of benzene rings is 2. The van der Waals surface area contributed by atoms with Crippen LogP contribution in [0.15, 0.2) is 42.5 Å². The summed E-state index contributed by atoms with van der Waals surface area (Å²) < 4.78 is 5.42. The lowest BCUT2D eigenvalue weighted by Crippen LogP contribution is -2.37. The highest BCUT2D eigenvalue weighted by molar-refractivity contribution is 5.68. The number of nitrogens with one attached hydrogen (secondary N) is 2. The number of likely N-dealkylation sites (N-methyl/N-ethyl adjacent to an activating group) is 1. The van der Waals surface area contributed by atoms with Crippen LogP contribution in [0.2, 0.25) is 0 Å². The van der Waals surface area contributed by atoms with E-state index in [4.69, 9.17) is 9.84 Å². The fourth-order valence-corrected chi connectivity index (χ4v) is 2.65. The van der Waals surface area contributed by atoms with Gasteiger partial charge in [-0.3, -0.25) is 0 Å². The summed E-state index contributed by atoms with van der Waals surface area (Å²) in [6.07, 6.45) is -0.668. The molecule has 6 nitrogen and oxygen atoms in total. The van der Waals surface area contributed by atoms with Gasteiger partial charge in [-0.25, -0.2) is 0 Å². The van der Waals surface area contributed by atoms with Crippen LogP contribution in [0.1, 0.15) is 5.56 Å². The van der Waals surface area contributed by atoms with E-state index in [1.807, 2.05) is 61.3 Å². The summed E-state index contributed by atoms with van der Waals surface area (Å²) in [6, 6.07) is 13.6. The van der Waals surface area contributed by atoms with Crippen LogP contribution in [0.4, 0.5) is 17.1 Å². The van der Waals surface area contributed by atoms with Crippen molar-refractivity contribution >= 4 is 17.1 Å². The molecule has 2 aromatic rings. The standard InChI is InChI=1S/C19H27N3O3/c1-14-11-15(12-17(19(14)25-3)20-9-10-23)21-13-18(24)22(2)16-7-5-4-6-8-16/h4-8,11-12,18,20-21,23-24H,9-10,13H2,1-3H3. The van der Waals surface area contributed by atoms with Crippen molar-refractivity contribution < 1.29 is 14.9 Å². The van der Waals surface area contributed by atoms with E-state index in [1.54, 1.807) is 7.11 Å². The number of aliphatic hydroxyl groups excluding tert-OH is 2. The second kappa shape index (κ2) is 9.15. The maximum absolute atomic E-state index is 10.4. The first kappa shape index (κ1) is 18.9. The molecule has 0 bridgehead atoms. The lowest BCUT2D eigenvalue weighted by molar-refractivity contribution is 0.188. The van der Waals surface area contributed by atoms with Gasteiger partial charge in [-0.2, -0.15) is 0 Å². The molecule has 0 aliphatic heterocycles. The number of methoxy groups -OCH3 is 1. The normalized spacial score (nSPS) is 11.7. The lowest BCUT2D eigenvalue weighted by atomic mass is 10.1. The van der Waals surface area contributed by atoms with Gasteiger partial charge in [-0.05, 0) is 36.8 Å². The Kier molecular flexibility index (Phi) is 6.91. The molecule has 136 valence electrons. The Balaban J connectivity index is 2.05. The van der Waals surface area contributed by atoms with Gasteiger partial charge in [0.1, 0.15) is 12.0 Å². The molecule has 0 fully saturated rings. The number of aryl methyl sites for hydroxylation is 1. The molecule has 1 atom stereocenters. The molecular formula is C19H27N3O3. The first-order chi connectivity index (χ1) is 12.1. The number of nitrogens with zero attached hydrogens (tertiary/aromatic N) is 1. The molecule has 1 unspecified atom stereocenters. The monoisotopic (exact) mass is 345 g/mol. The predicted octanol–water partition coefficient (Wildman–Crippen LogP) is 2.27. The van der Waals surface area contributed by atoms with E-state index in [0.29, 0.717) is 13.1 Å². The van der Waals surface area contributed by atoms with Gasteiger partial charge in [0.05, 0.1) is 25.9 Å². The van der Waals surface area contributed by atoms with Crippen molar-refractivity contribution in [2.75, 3.05) is 49.4 Å². The highest BCUT2D eigenvalue weighted by Crippen LogP contribution is 2.32. The molecule has 0 aliphatic carbocycles. The van der Waals surface area contributed by atoms with Crippen LogP contribution in [0, 0.1) is 6.92 Å². The van der Waals surface area contributed by atoms with Crippen molar-refractivity contribution in [3.05, 3.63) is 48.0 Å². The van der Waals surface area contributed by atoms with Gasteiger partial charge in [0.15, 0.2) is 0 Å². The third-order valence-electron chi connectivity index (χ3n) is 4.01. The van der Waals surface area contributed by atoms with Crippen LogP contribution < -0.4 is 20.3 Å². The molecule has 25 heavy (non-hydrogen) atoms. The summed E-state index contributed by atoms with van der Waals surface area (Å²) in [7, 11) is 3.48. The van der Waals surface area contributed by atoms with Gasteiger partial charge in [0.2, 0.25) is 0 Å². The number of ether oxygens (including phenoxy) is 1. The molecule has 0 aromatic heterocycles. The van der Waals surface area contributed by atoms with E-state index in [-0.39, 0.29) is 6.61 Å². The highest BCUT2D eigenvalue weighted by Gasteiger charge is 2.13. The van der Waals surface area contributed by atoms with Gasteiger partial charge in [0, 0.05) is 25.0 Å². The van der Waals surface area contributed by atoms with Crippen LogP contribution in [-0.4, -0.2) is 50.3 Å². The van der Waals surface area contributed by atoms with E-state index in [0.717, 1.165) is 28.4 Å². The van der Waals surface area contributed by atoms with Crippen molar-refractivity contribution in [3.8, 4) is 5.75 Å². The lowest BCUT2D eigenvalue weighted by Gasteiger charge is -2.26. The Morgan fingerprint density at radius 3 is 2.52 bits per heavy atom. The van der Waals surface area contributed by atoms with Gasteiger partial charge >= 0.3 is 0 Å². The van der Waals surface area contributed by atoms with Crippen LogP contribution in [0.3, 0.4) is 0 Å². The summed E-state index contributed by atoms with van der Waals surface area (Å²) in [6.45, 7) is 2.82. The van der Waals surface area contributed by atoms with E-state index >= 15 is 0 Å². The largest absolute Gasteiger partial charge is 0.494 e. The maximum atomic E-state index is 10.4. The molecule has 4 N–H and O–H groups in total. The first-order valence-corrected chi connectivity index (χ1v) is 8.30. The zero-order valence-electron chi connectivity index (χ0n) is 15.0. The molecule has 0 aliphatic rings. The minimum atomic E-state index is -0.668. The zero-order chi connectivity index (χ0) is 18.2. The fourth-order valence-electron chi connectivity index (χ4n) is 2.65. The predicted molar refractivity (Wildman–Crippen MR) is 103 cm³/mol. The summed E-state index contributed by atoms with van der Waals surface area (Å²) in [4.78, 5) is 1.81. The summed E-state index contributed by atoms with van der Waals surface area (Å²) in [5.41, 5.74) is 3.61. The number of hydrogen-bond acceptors (Lipinski definition) is 6. The maximum Gasteiger partial charge on any atom is 0.145 e. The van der Waals surface area contributed by atoms with Crippen molar-refractivity contribution in [2.45, 2.75) is 13.2 Å². The molecule has 0 saturated heterocycles. The summed E-state index contributed by atoms with van der Waals surface area (Å²) in [5, 5.41) is 25.8. The van der Waals surface area contributed by atoms with Gasteiger partial charge in [0.25, 0.3) is 0 Å². The van der Waals surface area contributed by atoms with Gasteiger partial charge in [-0.15, -0.1) is 0 Å². The molecule has 0 radical (unpaired) electrons. The van der Waals surface area contributed by atoms with Crippen molar-refractivity contribution in [1.82, 2.24) is 0 Å². The molecule has 2 rings (SSSR count). The zero-order valence-corrected chi connectivity index (χ0v) is 15.0. The molecule has 0 spiro atoms. The Bertz CT molecular complexity index is 664. The van der Waals surface area contributed by atoms with Crippen LogP contribution in [0.5, 0.6) is 5.75 Å². The van der Waals surface area contributed by atoms with Crippen molar-refractivity contribution in [3.63, 3.8) is 0 Å². The molecular weight excluding hydrogens is 318 g/mol. The van der Waals surface area contributed by atoms with Gasteiger partial charge in [-0.1, -0.05) is 18.2 Å². The molecule has 2 aromatic carbocycles. The second-order valence-corrected chi connectivity index (χ2v) is 5.83. The van der Waals surface area contributed by atoms with E-state index < -0.39 is 6.23 Å². The average Bonchev–Trinajstić information content (AvgIpc) is 2.64. The van der Waals surface area contributed by atoms with E-state index in [2.05, 4.69) is 10.6 Å². The number of aliphatic hydroxyl groups is 2. The van der Waals surface area contributed by atoms with Crippen LogP contribution in [-0.2, 0) is 0 Å². The average molecular weight is 345 g/mol. The van der Waals surface area contributed by atoms with E-state index in [1.165, 1.54) is 0 Å².